The van der Waals surface area contributed by atoms with Gasteiger partial charge in [-0.25, -0.2) is 4.98 Å². The molecule has 0 saturated heterocycles. The van der Waals surface area contributed by atoms with Crippen molar-refractivity contribution in [2.75, 3.05) is 13.2 Å². The predicted molar refractivity (Wildman–Crippen MR) is 124 cm³/mol. The van der Waals surface area contributed by atoms with E-state index in [1.165, 1.54) is 0 Å². The number of imidazole rings is 1. The highest BCUT2D eigenvalue weighted by Crippen LogP contribution is 2.28. The summed E-state index contributed by atoms with van der Waals surface area (Å²) >= 11 is 0. The Morgan fingerprint density at radius 3 is 2.42 bits per heavy atom. The first-order valence-corrected chi connectivity index (χ1v) is 10.9. The van der Waals surface area contributed by atoms with Crippen LogP contribution in [0.5, 0.6) is 5.75 Å². The van der Waals surface area contributed by atoms with E-state index in [-0.39, 0.29) is 19.3 Å². The average molecular weight is 443 g/mol. The lowest BCUT2D eigenvalue weighted by molar-refractivity contribution is 0.0869. The van der Waals surface area contributed by atoms with Gasteiger partial charge in [-0.3, -0.25) is 0 Å². The van der Waals surface area contributed by atoms with Crippen LogP contribution in [0.1, 0.15) is 30.3 Å². The summed E-state index contributed by atoms with van der Waals surface area (Å²) in [5.41, 5.74) is 3.00. The summed E-state index contributed by atoms with van der Waals surface area (Å²) in [5, 5.41) is 30.8. The number of aromatic nitrogens is 2. The maximum Gasteiger partial charge on any atom is 0.135 e. The van der Waals surface area contributed by atoms with Gasteiger partial charge < -0.3 is 24.8 Å². The smallest absolute Gasteiger partial charge is 0.135 e. The van der Waals surface area contributed by atoms with Gasteiger partial charge in [0.15, 0.2) is 0 Å². The second-order valence-electron chi connectivity index (χ2n) is 7.93. The molecule has 7 nitrogen and oxygen atoms in total. The number of nitrogens with zero attached hydrogens (tertiary/aromatic N) is 3. The van der Waals surface area contributed by atoms with Crippen molar-refractivity contribution in [2.24, 2.45) is 0 Å². The molecule has 0 spiro atoms. The zero-order valence-electron chi connectivity index (χ0n) is 18.2. The normalized spacial score (nSPS) is 17.8. The van der Waals surface area contributed by atoms with Gasteiger partial charge in [-0.05, 0) is 48.2 Å². The number of benzene rings is 2. The number of hydrogen-bond donors (Lipinski definition) is 3. The maximum atomic E-state index is 9.67. The third kappa shape index (κ3) is 5.60. The van der Waals surface area contributed by atoms with Crippen molar-refractivity contribution in [3.8, 4) is 34.8 Å². The molecule has 33 heavy (non-hydrogen) atoms. The van der Waals surface area contributed by atoms with Gasteiger partial charge in [-0.2, -0.15) is 5.26 Å². The van der Waals surface area contributed by atoms with Crippen LogP contribution in [0.15, 0.2) is 60.9 Å². The summed E-state index contributed by atoms with van der Waals surface area (Å²) in [4.78, 5) is 4.06. The van der Waals surface area contributed by atoms with E-state index in [9.17, 15) is 10.2 Å². The fourth-order valence-electron chi connectivity index (χ4n) is 3.80. The molecule has 1 heterocycles. The molecule has 1 fully saturated rings. The Labute approximate surface area is 193 Å². The van der Waals surface area contributed by atoms with Crippen molar-refractivity contribution in [2.45, 2.75) is 37.6 Å². The molecule has 1 atom stereocenters. The number of nitriles is 1. The molecular formula is C26H26N4O3. The summed E-state index contributed by atoms with van der Waals surface area (Å²) in [6.45, 7) is 0.0128. The van der Waals surface area contributed by atoms with Gasteiger partial charge in [0.2, 0.25) is 0 Å². The van der Waals surface area contributed by atoms with Gasteiger partial charge in [0.1, 0.15) is 30.3 Å². The molecule has 2 aromatic carbocycles. The highest BCUT2D eigenvalue weighted by molar-refractivity contribution is 5.65. The molecule has 7 heteroatoms. The van der Waals surface area contributed by atoms with Crippen LogP contribution in [0, 0.1) is 23.2 Å². The molecule has 0 radical (unpaired) electrons. The third-order valence-electron chi connectivity index (χ3n) is 5.72. The minimum absolute atomic E-state index is 0.166. The van der Waals surface area contributed by atoms with E-state index in [0.29, 0.717) is 18.4 Å². The standard InChI is InChI=1S/C26H26N4O3/c27-11-12-28-22-15-25(16-22)33-24-9-6-21(7-10-24)20-4-1-19(2-5-20)3-8-23(17-31)30-14-13-29-26(30)18-32/h1-2,4-7,9-10,13-14,22-23,25,28,31-32H,12,15-18H2. The minimum atomic E-state index is -0.463. The number of hydrogen-bond acceptors (Lipinski definition) is 6. The second-order valence-corrected chi connectivity index (χ2v) is 7.93. The highest BCUT2D eigenvalue weighted by atomic mass is 16.5. The zero-order chi connectivity index (χ0) is 23.0. The molecule has 3 N–H and O–H groups in total. The summed E-state index contributed by atoms with van der Waals surface area (Å²) in [5.74, 6) is 7.46. The molecule has 1 aliphatic rings. The van der Waals surface area contributed by atoms with Crippen LogP contribution in [0.4, 0.5) is 0 Å². The van der Waals surface area contributed by atoms with Crippen LogP contribution in [-0.2, 0) is 6.61 Å². The van der Waals surface area contributed by atoms with E-state index in [4.69, 9.17) is 10.00 Å². The van der Waals surface area contributed by atoms with Gasteiger partial charge in [-0.15, -0.1) is 0 Å². The van der Waals surface area contributed by atoms with Crippen LogP contribution in [-0.4, -0.2) is 45.1 Å². The zero-order valence-corrected chi connectivity index (χ0v) is 18.2. The molecule has 1 unspecified atom stereocenters. The Balaban J connectivity index is 1.35. The molecule has 0 amide bonds. The largest absolute Gasteiger partial charge is 0.490 e. The summed E-state index contributed by atoms with van der Waals surface area (Å²) in [6.07, 6.45) is 5.32. The fourth-order valence-corrected chi connectivity index (χ4v) is 3.80. The topological polar surface area (TPSA) is 103 Å². The quantitative estimate of drug-likeness (QED) is 0.366. The number of rotatable bonds is 8. The van der Waals surface area contributed by atoms with Crippen LogP contribution in [0.2, 0.25) is 0 Å². The molecule has 0 bridgehead atoms. The summed E-state index contributed by atoms with van der Waals surface area (Å²) in [6, 6.07) is 18.0. The van der Waals surface area contributed by atoms with Gasteiger partial charge in [-0.1, -0.05) is 36.1 Å². The van der Waals surface area contributed by atoms with E-state index in [1.807, 2.05) is 48.5 Å². The van der Waals surface area contributed by atoms with Gasteiger partial charge >= 0.3 is 0 Å². The Morgan fingerprint density at radius 2 is 1.79 bits per heavy atom. The van der Waals surface area contributed by atoms with Crippen LogP contribution in [0.3, 0.4) is 0 Å². The predicted octanol–water partition coefficient (Wildman–Crippen LogP) is 2.65. The molecule has 1 aromatic heterocycles. The van der Waals surface area contributed by atoms with Crippen molar-refractivity contribution >= 4 is 0 Å². The first kappa shape index (κ1) is 22.6. The van der Waals surface area contributed by atoms with Crippen molar-refractivity contribution in [1.82, 2.24) is 14.9 Å². The molecule has 168 valence electrons. The Bertz CT molecular complexity index is 1150. The Hall–Kier alpha value is -3.62. The van der Waals surface area contributed by atoms with E-state index in [2.05, 4.69) is 28.2 Å². The molecule has 0 aliphatic heterocycles. The summed E-state index contributed by atoms with van der Waals surface area (Å²) < 4.78 is 7.68. The summed E-state index contributed by atoms with van der Waals surface area (Å²) in [7, 11) is 0. The number of ether oxygens (including phenoxy) is 1. The number of aliphatic hydroxyl groups is 2. The van der Waals surface area contributed by atoms with Crippen molar-refractivity contribution in [1.29, 1.82) is 5.26 Å². The van der Waals surface area contributed by atoms with E-state index >= 15 is 0 Å². The van der Waals surface area contributed by atoms with Crippen LogP contribution >= 0.6 is 0 Å². The van der Waals surface area contributed by atoms with Crippen molar-refractivity contribution in [3.63, 3.8) is 0 Å². The minimum Gasteiger partial charge on any atom is -0.490 e. The molecule has 4 rings (SSSR count). The Morgan fingerprint density at radius 1 is 1.09 bits per heavy atom. The Kier molecular flexibility index (Phi) is 7.39. The maximum absolute atomic E-state index is 9.67. The van der Waals surface area contributed by atoms with Gasteiger partial charge in [0, 0.05) is 24.0 Å². The van der Waals surface area contributed by atoms with E-state index in [0.717, 1.165) is 35.3 Å². The van der Waals surface area contributed by atoms with E-state index < -0.39 is 6.04 Å². The first-order chi connectivity index (χ1) is 16.2. The lowest BCUT2D eigenvalue weighted by Crippen LogP contribution is -2.46. The number of nitrogens with one attached hydrogen (secondary N) is 1. The first-order valence-electron chi connectivity index (χ1n) is 10.9. The van der Waals surface area contributed by atoms with Crippen LogP contribution < -0.4 is 10.1 Å². The third-order valence-corrected chi connectivity index (χ3v) is 5.72. The molecule has 3 aromatic rings. The van der Waals surface area contributed by atoms with Gasteiger partial charge in [0.25, 0.3) is 0 Å². The van der Waals surface area contributed by atoms with Crippen molar-refractivity contribution in [3.05, 3.63) is 72.3 Å². The lowest BCUT2D eigenvalue weighted by Gasteiger charge is -2.35. The second kappa shape index (κ2) is 10.8. The SMILES string of the molecule is N#CCNC1CC(Oc2ccc(-c3ccc(C#CC(CO)n4ccnc4CO)cc3)cc2)C1. The molecular weight excluding hydrogens is 416 g/mol. The lowest BCUT2D eigenvalue weighted by atomic mass is 9.89. The van der Waals surface area contributed by atoms with Crippen molar-refractivity contribution < 1.29 is 14.9 Å². The monoisotopic (exact) mass is 442 g/mol. The number of aliphatic hydroxyl groups excluding tert-OH is 2. The van der Waals surface area contributed by atoms with E-state index in [1.54, 1.807) is 17.0 Å². The van der Waals surface area contributed by atoms with Gasteiger partial charge in [0.05, 0.1) is 19.2 Å². The van der Waals surface area contributed by atoms with Crippen LogP contribution in [0.25, 0.3) is 11.1 Å². The highest BCUT2D eigenvalue weighted by Gasteiger charge is 2.30. The molecule has 1 saturated carbocycles. The average Bonchev–Trinajstić information content (AvgIpc) is 3.30. The molecule has 1 aliphatic carbocycles. The fraction of sp³-hybridized carbons (Fsp3) is 0.308.